The molecule has 1 fully saturated rings. The van der Waals surface area contributed by atoms with E-state index in [4.69, 9.17) is 0 Å². The average molecular weight is 410 g/mol. The molecule has 1 aromatic carbocycles. The quantitative estimate of drug-likeness (QED) is 0.734. The molecule has 1 aromatic heterocycles. The molecule has 3 rings (SSSR count). The summed E-state index contributed by atoms with van der Waals surface area (Å²) >= 11 is 0. The van der Waals surface area contributed by atoms with Crippen molar-refractivity contribution in [2.24, 2.45) is 5.92 Å². The first-order valence-corrected chi connectivity index (χ1v) is 10.7. The SMILES string of the molecule is CCCNC(=O)C1CCCN(C(=O)c2cccc(CNc3nc(C)cc(C)n3)c2)C1. The Morgan fingerprint density at radius 2 is 1.93 bits per heavy atom. The molecular weight excluding hydrogens is 378 g/mol. The van der Waals surface area contributed by atoms with E-state index in [0.29, 0.717) is 37.7 Å². The largest absolute Gasteiger partial charge is 0.356 e. The first kappa shape index (κ1) is 21.7. The molecule has 1 aliphatic heterocycles. The smallest absolute Gasteiger partial charge is 0.253 e. The Balaban J connectivity index is 1.63. The predicted molar refractivity (Wildman–Crippen MR) is 117 cm³/mol. The molecular formula is C23H31N5O2. The summed E-state index contributed by atoms with van der Waals surface area (Å²) in [7, 11) is 0. The van der Waals surface area contributed by atoms with Gasteiger partial charge < -0.3 is 15.5 Å². The van der Waals surface area contributed by atoms with Crippen LogP contribution in [0.2, 0.25) is 0 Å². The molecule has 1 atom stereocenters. The number of aryl methyl sites for hydroxylation is 2. The number of amides is 2. The maximum absolute atomic E-state index is 13.0. The van der Waals surface area contributed by atoms with E-state index in [1.54, 1.807) is 4.90 Å². The number of carbonyl (C=O) groups is 2. The Kier molecular flexibility index (Phi) is 7.38. The van der Waals surface area contributed by atoms with Crippen molar-refractivity contribution in [3.8, 4) is 0 Å². The van der Waals surface area contributed by atoms with Crippen molar-refractivity contribution in [2.45, 2.75) is 46.6 Å². The van der Waals surface area contributed by atoms with Crippen LogP contribution in [0.5, 0.6) is 0 Å². The molecule has 7 heteroatoms. The van der Waals surface area contributed by atoms with Gasteiger partial charge in [0.1, 0.15) is 0 Å². The predicted octanol–water partition coefficient (Wildman–Crippen LogP) is 3.08. The van der Waals surface area contributed by atoms with E-state index in [1.165, 1.54) is 0 Å². The van der Waals surface area contributed by atoms with Crippen molar-refractivity contribution >= 4 is 17.8 Å². The Bertz CT molecular complexity index is 879. The molecule has 1 saturated heterocycles. The third-order valence-corrected chi connectivity index (χ3v) is 5.24. The van der Waals surface area contributed by atoms with E-state index in [9.17, 15) is 9.59 Å². The van der Waals surface area contributed by atoms with Crippen molar-refractivity contribution in [1.29, 1.82) is 0 Å². The number of nitrogens with one attached hydrogen (secondary N) is 2. The monoisotopic (exact) mass is 409 g/mol. The highest BCUT2D eigenvalue weighted by Gasteiger charge is 2.28. The van der Waals surface area contributed by atoms with Gasteiger partial charge in [-0.05, 0) is 56.9 Å². The number of likely N-dealkylation sites (tertiary alicyclic amines) is 1. The minimum atomic E-state index is -0.124. The van der Waals surface area contributed by atoms with Crippen LogP contribution in [0.15, 0.2) is 30.3 Å². The van der Waals surface area contributed by atoms with Crippen LogP contribution >= 0.6 is 0 Å². The van der Waals surface area contributed by atoms with Crippen LogP contribution < -0.4 is 10.6 Å². The van der Waals surface area contributed by atoms with Gasteiger partial charge in [-0.2, -0.15) is 0 Å². The number of rotatable bonds is 7. The highest BCUT2D eigenvalue weighted by molar-refractivity contribution is 5.95. The summed E-state index contributed by atoms with van der Waals surface area (Å²) in [5.41, 5.74) is 3.45. The minimum Gasteiger partial charge on any atom is -0.356 e. The van der Waals surface area contributed by atoms with E-state index in [1.807, 2.05) is 51.1 Å². The number of benzene rings is 1. The van der Waals surface area contributed by atoms with Crippen molar-refractivity contribution in [3.05, 3.63) is 52.8 Å². The normalized spacial score (nSPS) is 16.2. The van der Waals surface area contributed by atoms with Crippen LogP contribution in [0.25, 0.3) is 0 Å². The van der Waals surface area contributed by atoms with Gasteiger partial charge in [0.15, 0.2) is 0 Å². The summed E-state index contributed by atoms with van der Waals surface area (Å²) in [4.78, 5) is 35.9. The molecule has 0 spiro atoms. The molecule has 2 heterocycles. The Morgan fingerprint density at radius 1 is 1.17 bits per heavy atom. The van der Waals surface area contributed by atoms with Gasteiger partial charge in [0.25, 0.3) is 5.91 Å². The maximum Gasteiger partial charge on any atom is 0.253 e. The fraction of sp³-hybridized carbons (Fsp3) is 0.478. The summed E-state index contributed by atoms with van der Waals surface area (Å²) in [6.45, 7) is 8.29. The molecule has 2 N–H and O–H groups in total. The van der Waals surface area contributed by atoms with Crippen molar-refractivity contribution < 1.29 is 9.59 Å². The Hall–Kier alpha value is -2.96. The second kappa shape index (κ2) is 10.2. The van der Waals surface area contributed by atoms with Gasteiger partial charge in [-0.1, -0.05) is 19.1 Å². The number of hydrogen-bond donors (Lipinski definition) is 2. The zero-order chi connectivity index (χ0) is 21.5. The Labute approximate surface area is 178 Å². The molecule has 0 saturated carbocycles. The van der Waals surface area contributed by atoms with Crippen LogP contribution in [-0.2, 0) is 11.3 Å². The molecule has 1 unspecified atom stereocenters. The number of hydrogen-bond acceptors (Lipinski definition) is 5. The zero-order valence-electron chi connectivity index (χ0n) is 18.1. The number of carbonyl (C=O) groups excluding carboxylic acids is 2. The summed E-state index contributed by atoms with van der Waals surface area (Å²) < 4.78 is 0. The van der Waals surface area contributed by atoms with Crippen molar-refractivity contribution in [1.82, 2.24) is 20.2 Å². The van der Waals surface area contributed by atoms with Crippen molar-refractivity contribution in [2.75, 3.05) is 25.0 Å². The van der Waals surface area contributed by atoms with E-state index >= 15 is 0 Å². The molecule has 7 nitrogen and oxygen atoms in total. The van der Waals surface area contributed by atoms with Crippen LogP contribution in [0, 0.1) is 19.8 Å². The molecule has 0 aliphatic carbocycles. The van der Waals surface area contributed by atoms with Crippen LogP contribution in [-0.4, -0.2) is 46.3 Å². The van der Waals surface area contributed by atoms with E-state index in [-0.39, 0.29) is 17.7 Å². The van der Waals surface area contributed by atoms with Gasteiger partial charge in [-0.25, -0.2) is 9.97 Å². The maximum atomic E-state index is 13.0. The van der Waals surface area contributed by atoms with E-state index in [2.05, 4.69) is 20.6 Å². The summed E-state index contributed by atoms with van der Waals surface area (Å²) in [6.07, 6.45) is 2.59. The first-order chi connectivity index (χ1) is 14.5. The second-order valence-electron chi connectivity index (χ2n) is 7.91. The average Bonchev–Trinajstić information content (AvgIpc) is 2.75. The van der Waals surface area contributed by atoms with Crippen LogP contribution in [0.3, 0.4) is 0 Å². The van der Waals surface area contributed by atoms with Crippen LogP contribution in [0.1, 0.15) is 53.5 Å². The standard InChI is InChI=1S/C23H31N5O2/c1-4-10-24-21(29)20-9-6-11-28(15-20)22(30)19-8-5-7-18(13-19)14-25-23-26-16(2)12-17(3)27-23/h5,7-8,12-13,20H,4,6,9-11,14-15H2,1-3H3,(H,24,29)(H,25,26,27). The molecule has 0 radical (unpaired) electrons. The molecule has 1 aliphatic rings. The molecule has 0 bridgehead atoms. The first-order valence-electron chi connectivity index (χ1n) is 10.7. The summed E-state index contributed by atoms with van der Waals surface area (Å²) in [6, 6.07) is 9.53. The summed E-state index contributed by atoms with van der Waals surface area (Å²) in [5, 5.41) is 6.18. The zero-order valence-corrected chi connectivity index (χ0v) is 18.1. The van der Waals surface area contributed by atoms with Gasteiger partial charge >= 0.3 is 0 Å². The van der Waals surface area contributed by atoms with E-state index < -0.39 is 0 Å². The third-order valence-electron chi connectivity index (χ3n) is 5.24. The highest BCUT2D eigenvalue weighted by Crippen LogP contribution is 2.20. The third kappa shape index (κ3) is 5.78. The summed E-state index contributed by atoms with van der Waals surface area (Å²) in [5.74, 6) is 0.496. The lowest BCUT2D eigenvalue weighted by atomic mass is 9.96. The van der Waals surface area contributed by atoms with Gasteiger partial charge in [0.2, 0.25) is 11.9 Å². The number of piperidine rings is 1. The topological polar surface area (TPSA) is 87.2 Å². The van der Waals surface area contributed by atoms with E-state index in [0.717, 1.165) is 36.2 Å². The number of nitrogens with zero attached hydrogens (tertiary/aromatic N) is 3. The fourth-order valence-corrected chi connectivity index (χ4v) is 3.75. The number of aromatic nitrogens is 2. The lowest BCUT2D eigenvalue weighted by Gasteiger charge is -2.32. The molecule has 2 amide bonds. The van der Waals surface area contributed by atoms with Crippen molar-refractivity contribution in [3.63, 3.8) is 0 Å². The fourth-order valence-electron chi connectivity index (χ4n) is 3.75. The molecule has 30 heavy (non-hydrogen) atoms. The molecule has 2 aromatic rings. The Morgan fingerprint density at radius 3 is 2.67 bits per heavy atom. The highest BCUT2D eigenvalue weighted by atomic mass is 16.2. The van der Waals surface area contributed by atoms with Crippen LogP contribution in [0.4, 0.5) is 5.95 Å². The minimum absolute atomic E-state index is 0.0208. The lowest BCUT2D eigenvalue weighted by molar-refractivity contribution is -0.126. The van der Waals surface area contributed by atoms with Gasteiger partial charge in [-0.15, -0.1) is 0 Å². The second-order valence-corrected chi connectivity index (χ2v) is 7.91. The van der Waals surface area contributed by atoms with Gasteiger partial charge in [-0.3, -0.25) is 9.59 Å². The molecule has 160 valence electrons. The van der Waals surface area contributed by atoms with Gasteiger partial charge in [0.05, 0.1) is 5.92 Å². The number of anilines is 1. The van der Waals surface area contributed by atoms with Gasteiger partial charge in [0, 0.05) is 43.1 Å². The lowest BCUT2D eigenvalue weighted by Crippen LogP contribution is -2.45.